The number of nitrogens with zero attached hydrogens (tertiary/aromatic N) is 1. The molecule has 5 heteroatoms. The molecule has 2 N–H and O–H groups in total. The predicted molar refractivity (Wildman–Crippen MR) is 76.2 cm³/mol. The smallest absolute Gasteiger partial charge is 0.423 e. The molecule has 0 saturated carbocycles. The highest BCUT2D eigenvalue weighted by molar-refractivity contribution is 6.58. The molecule has 1 aromatic rings. The number of piperidine rings is 1. The van der Waals surface area contributed by atoms with Crippen molar-refractivity contribution in [3.8, 4) is 0 Å². The van der Waals surface area contributed by atoms with Gasteiger partial charge in [0, 0.05) is 26.2 Å². The molecule has 1 aromatic carbocycles. The van der Waals surface area contributed by atoms with Gasteiger partial charge in [0.15, 0.2) is 0 Å². The minimum Gasteiger partial charge on any atom is -0.423 e. The fourth-order valence-electron chi connectivity index (χ4n) is 2.58. The van der Waals surface area contributed by atoms with E-state index < -0.39 is 7.12 Å². The topological polar surface area (TPSA) is 52.9 Å². The number of rotatable bonds is 5. The summed E-state index contributed by atoms with van der Waals surface area (Å²) in [6.07, 6.45) is 2.57. The molecule has 0 unspecified atom stereocenters. The van der Waals surface area contributed by atoms with Crippen LogP contribution in [-0.4, -0.2) is 47.9 Å². The van der Waals surface area contributed by atoms with E-state index in [4.69, 9.17) is 4.74 Å². The second-order valence-corrected chi connectivity index (χ2v) is 5.05. The van der Waals surface area contributed by atoms with Crippen LogP contribution in [0, 0.1) is 0 Å². The van der Waals surface area contributed by atoms with Crippen LogP contribution in [0.15, 0.2) is 24.3 Å². The van der Waals surface area contributed by atoms with Crippen LogP contribution in [0.25, 0.3) is 0 Å². The van der Waals surface area contributed by atoms with Crippen LogP contribution >= 0.6 is 0 Å². The van der Waals surface area contributed by atoms with Gasteiger partial charge in [-0.05, 0) is 30.8 Å². The molecule has 4 nitrogen and oxygen atoms in total. The van der Waals surface area contributed by atoms with Crippen LogP contribution in [0.5, 0.6) is 0 Å². The number of ether oxygens (including phenoxy) is 1. The second-order valence-electron chi connectivity index (χ2n) is 5.05. The van der Waals surface area contributed by atoms with Crippen molar-refractivity contribution in [2.75, 3.05) is 19.7 Å². The van der Waals surface area contributed by atoms with Crippen molar-refractivity contribution in [1.82, 2.24) is 4.90 Å². The normalized spacial score (nSPS) is 17.6. The summed E-state index contributed by atoms with van der Waals surface area (Å²) in [4.78, 5) is 2.39. The highest BCUT2D eigenvalue weighted by Gasteiger charge is 2.19. The molecule has 2 rings (SSSR count). The van der Waals surface area contributed by atoms with Crippen molar-refractivity contribution in [2.24, 2.45) is 0 Å². The van der Waals surface area contributed by atoms with Crippen LogP contribution in [0.4, 0.5) is 0 Å². The van der Waals surface area contributed by atoms with Crippen LogP contribution in [-0.2, 0) is 11.3 Å². The molecule has 0 spiro atoms. The van der Waals surface area contributed by atoms with Gasteiger partial charge in [-0.15, -0.1) is 0 Å². The third-order valence-corrected chi connectivity index (χ3v) is 3.59. The molecule has 0 amide bonds. The molecule has 1 heterocycles. The number of likely N-dealkylation sites (tertiary alicyclic amines) is 1. The van der Waals surface area contributed by atoms with Crippen LogP contribution in [0.2, 0.25) is 0 Å². The standard InChI is InChI=1S/C14H22BNO3/c1-2-19-14-6-8-16(9-7-14)11-12-4-3-5-13(10-12)15(17)18/h3-5,10,14,17-18H,2,6-9,11H2,1H3. The maximum Gasteiger partial charge on any atom is 0.488 e. The van der Waals surface area contributed by atoms with Crippen molar-refractivity contribution in [3.05, 3.63) is 29.8 Å². The van der Waals surface area contributed by atoms with E-state index in [1.807, 2.05) is 25.1 Å². The fourth-order valence-corrected chi connectivity index (χ4v) is 2.58. The van der Waals surface area contributed by atoms with Gasteiger partial charge in [-0.1, -0.05) is 24.3 Å². The Morgan fingerprint density at radius 1 is 1.32 bits per heavy atom. The maximum atomic E-state index is 9.17. The first-order valence-corrected chi connectivity index (χ1v) is 6.98. The molecule has 0 atom stereocenters. The van der Waals surface area contributed by atoms with Gasteiger partial charge in [-0.2, -0.15) is 0 Å². The summed E-state index contributed by atoms with van der Waals surface area (Å²) in [7, 11) is -1.39. The average Bonchev–Trinajstić information content (AvgIpc) is 2.42. The molecule has 1 fully saturated rings. The van der Waals surface area contributed by atoms with Gasteiger partial charge in [-0.25, -0.2) is 0 Å². The highest BCUT2D eigenvalue weighted by atomic mass is 16.5. The van der Waals surface area contributed by atoms with Gasteiger partial charge in [0.05, 0.1) is 6.10 Å². The fraction of sp³-hybridized carbons (Fsp3) is 0.571. The molecule has 0 bridgehead atoms. The first-order valence-electron chi connectivity index (χ1n) is 6.98. The zero-order valence-electron chi connectivity index (χ0n) is 11.5. The van der Waals surface area contributed by atoms with E-state index in [-0.39, 0.29) is 0 Å². The molecule has 0 aromatic heterocycles. The third kappa shape index (κ3) is 4.32. The quantitative estimate of drug-likeness (QED) is 0.753. The van der Waals surface area contributed by atoms with Crippen LogP contribution in [0.1, 0.15) is 25.3 Å². The molecular formula is C14H22BNO3. The van der Waals surface area contributed by atoms with Crippen LogP contribution < -0.4 is 5.46 Å². The SMILES string of the molecule is CCOC1CCN(Cc2cccc(B(O)O)c2)CC1. The largest absolute Gasteiger partial charge is 0.488 e. The molecule has 1 saturated heterocycles. The zero-order valence-corrected chi connectivity index (χ0v) is 11.5. The third-order valence-electron chi connectivity index (χ3n) is 3.59. The van der Waals surface area contributed by atoms with E-state index in [1.165, 1.54) is 0 Å². The predicted octanol–water partition coefficient (Wildman–Crippen LogP) is 0.367. The Morgan fingerprint density at radius 3 is 2.68 bits per heavy atom. The molecule has 0 aliphatic carbocycles. The van der Waals surface area contributed by atoms with Crippen LogP contribution in [0.3, 0.4) is 0 Å². The number of benzene rings is 1. The summed E-state index contributed by atoms with van der Waals surface area (Å²) >= 11 is 0. The molecular weight excluding hydrogens is 241 g/mol. The van der Waals surface area contributed by atoms with Gasteiger partial charge >= 0.3 is 7.12 Å². The van der Waals surface area contributed by atoms with E-state index in [9.17, 15) is 10.0 Å². The lowest BCUT2D eigenvalue weighted by Crippen LogP contribution is -2.37. The lowest BCUT2D eigenvalue weighted by Gasteiger charge is -2.31. The van der Waals surface area contributed by atoms with Gasteiger partial charge in [0.25, 0.3) is 0 Å². The molecule has 104 valence electrons. The summed E-state index contributed by atoms with van der Waals surface area (Å²) in [5, 5.41) is 18.3. The summed E-state index contributed by atoms with van der Waals surface area (Å²) < 4.78 is 5.64. The summed E-state index contributed by atoms with van der Waals surface area (Å²) in [5.74, 6) is 0. The van der Waals surface area contributed by atoms with Gasteiger partial charge in [-0.3, -0.25) is 4.90 Å². The highest BCUT2D eigenvalue weighted by Crippen LogP contribution is 2.15. The lowest BCUT2D eigenvalue weighted by atomic mass is 9.79. The van der Waals surface area contributed by atoms with Crippen molar-refractivity contribution in [3.63, 3.8) is 0 Å². The Morgan fingerprint density at radius 2 is 2.05 bits per heavy atom. The number of hydrogen-bond acceptors (Lipinski definition) is 4. The Kier molecular flexibility index (Phi) is 5.40. The van der Waals surface area contributed by atoms with E-state index in [1.54, 1.807) is 6.07 Å². The Hall–Kier alpha value is -0.875. The summed E-state index contributed by atoms with van der Waals surface area (Å²) in [5.41, 5.74) is 1.68. The first-order chi connectivity index (χ1) is 9.19. The second kappa shape index (κ2) is 7.05. The van der Waals surface area contributed by atoms with E-state index in [2.05, 4.69) is 4.90 Å². The van der Waals surface area contributed by atoms with E-state index in [0.717, 1.165) is 44.6 Å². The minimum atomic E-state index is -1.39. The van der Waals surface area contributed by atoms with Gasteiger partial charge in [0.2, 0.25) is 0 Å². The molecule has 1 aliphatic heterocycles. The van der Waals surface area contributed by atoms with Gasteiger partial charge in [0.1, 0.15) is 0 Å². The van der Waals surface area contributed by atoms with Crippen molar-refractivity contribution >= 4 is 12.6 Å². The lowest BCUT2D eigenvalue weighted by molar-refractivity contribution is 0.0125. The molecule has 19 heavy (non-hydrogen) atoms. The minimum absolute atomic E-state index is 0.409. The zero-order chi connectivity index (χ0) is 13.7. The van der Waals surface area contributed by atoms with Crippen molar-refractivity contribution in [1.29, 1.82) is 0 Å². The summed E-state index contributed by atoms with van der Waals surface area (Å²) in [6, 6.07) is 7.49. The number of hydrogen-bond donors (Lipinski definition) is 2. The summed E-state index contributed by atoms with van der Waals surface area (Å²) in [6.45, 7) is 5.77. The molecule has 0 radical (unpaired) electrons. The average molecular weight is 263 g/mol. The van der Waals surface area contributed by atoms with E-state index in [0.29, 0.717) is 11.6 Å². The Bertz CT molecular complexity index is 392. The molecule has 1 aliphatic rings. The van der Waals surface area contributed by atoms with E-state index >= 15 is 0 Å². The van der Waals surface area contributed by atoms with Crippen molar-refractivity contribution in [2.45, 2.75) is 32.4 Å². The Balaban J connectivity index is 1.87. The first kappa shape index (κ1) is 14.5. The van der Waals surface area contributed by atoms with Gasteiger partial charge < -0.3 is 14.8 Å². The van der Waals surface area contributed by atoms with Crippen molar-refractivity contribution < 1.29 is 14.8 Å². The Labute approximate surface area is 115 Å². The monoisotopic (exact) mass is 263 g/mol. The maximum absolute atomic E-state index is 9.17.